The second-order valence-electron chi connectivity index (χ2n) is 6.25. The van der Waals surface area contributed by atoms with E-state index < -0.39 is 0 Å². The molecule has 1 unspecified atom stereocenters. The Bertz CT molecular complexity index is 916. The van der Waals surface area contributed by atoms with E-state index in [4.69, 9.17) is 11.6 Å². The minimum absolute atomic E-state index is 0.0534. The van der Waals surface area contributed by atoms with Gasteiger partial charge >= 0.3 is 6.03 Å². The van der Waals surface area contributed by atoms with Crippen LogP contribution in [0.3, 0.4) is 0 Å². The second kappa shape index (κ2) is 7.94. The highest BCUT2D eigenvalue weighted by atomic mass is 35.5. The molecule has 138 valence electrons. The van der Waals surface area contributed by atoms with Crippen LogP contribution in [-0.4, -0.2) is 35.1 Å². The molecule has 8 heteroatoms. The third-order valence-corrected chi connectivity index (χ3v) is 5.50. The first-order valence-corrected chi connectivity index (χ1v) is 9.88. The number of urea groups is 1. The molecule has 1 atom stereocenters. The van der Waals surface area contributed by atoms with E-state index >= 15 is 0 Å². The molecule has 1 aliphatic heterocycles. The summed E-state index contributed by atoms with van der Waals surface area (Å²) in [4.78, 5) is 23.0. The number of carbonyl (C=O) groups excluding carboxylic acids is 1. The summed E-state index contributed by atoms with van der Waals surface area (Å²) in [6.07, 6.45) is 4.36. The molecule has 0 spiro atoms. The maximum atomic E-state index is 12.3. The van der Waals surface area contributed by atoms with Gasteiger partial charge in [0.15, 0.2) is 0 Å². The molecule has 2 N–H and O–H groups in total. The fraction of sp³-hybridized carbons (Fsp3) is 0.211. The van der Waals surface area contributed by atoms with Gasteiger partial charge in [-0.15, -0.1) is 11.3 Å². The molecule has 0 bridgehead atoms. The highest BCUT2D eigenvalue weighted by molar-refractivity contribution is 7.13. The predicted octanol–water partition coefficient (Wildman–Crippen LogP) is 4.26. The van der Waals surface area contributed by atoms with Gasteiger partial charge in [-0.1, -0.05) is 11.6 Å². The molecule has 0 saturated carbocycles. The molecule has 1 aromatic carbocycles. The summed E-state index contributed by atoms with van der Waals surface area (Å²) in [7, 11) is 0. The molecule has 3 heterocycles. The normalized spacial score (nSPS) is 16.3. The Morgan fingerprint density at radius 1 is 1.19 bits per heavy atom. The van der Waals surface area contributed by atoms with Crippen molar-refractivity contribution in [2.45, 2.75) is 12.5 Å². The molecule has 0 aliphatic carbocycles. The number of halogens is 1. The first kappa shape index (κ1) is 17.8. The van der Waals surface area contributed by atoms with Gasteiger partial charge in [0.05, 0.1) is 5.02 Å². The average Bonchev–Trinajstić information content (AvgIpc) is 3.35. The number of amides is 2. The Morgan fingerprint density at radius 2 is 2.04 bits per heavy atom. The number of rotatable bonds is 4. The van der Waals surface area contributed by atoms with Crippen LogP contribution in [0.5, 0.6) is 0 Å². The van der Waals surface area contributed by atoms with Gasteiger partial charge in [-0.2, -0.15) is 0 Å². The van der Waals surface area contributed by atoms with Gasteiger partial charge in [-0.25, -0.2) is 14.8 Å². The predicted molar refractivity (Wildman–Crippen MR) is 110 cm³/mol. The largest absolute Gasteiger partial charge is 0.353 e. The van der Waals surface area contributed by atoms with E-state index in [1.807, 2.05) is 41.8 Å². The van der Waals surface area contributed by atoms with Crippen molar-refractivity contribution < 1.29 is 4.79 Å². The van der Waals surface area contributed by atoms with Crippen LogP contribution in [0.4, 0.5) is 16.3 Å². The maximum absolute atomic E-state index is 12.3. The molecule has 1 saturated heterocycles. The van der Waals surface area contributed by atoms with Crippen LogP contribution >= 0.6 is 22.9 Å². The molecular weight excluding hydrogens is 382 g/mol. The van der Waals surface area contributed by atoms with Crippen molar-refractivity contribution in [3.05, 3.63) is 59.2 Å². The van der Waals surface area contributed by atoms with Gasteiger partial charge in [-0.05, 0) is 42.8 Å². The molecule has 2 amide bonds. The van der Waals surface area contributed by atoms with E-state index in [1.54, 1.807) is 23.7 Å². The molecule has 3 aromatic rings. The van der Waals surface area contributed by atoms with Crippen LogP contribution in [0.15, 0.2) is 54.2 Å². The van der Waals surface area contributed by atoms with E-state index in [9.17, 15) is 4.79 Å². The van der Waals surface area contributed by atoms with Crippen LogP contribution < -0.4 is 15.5 Å². The summed E-state index contributed by atoms with van der Waals surface area (Å²) in [6.45, 7) is 1.50. The zero-order chi connectivity index (χ0) is 18.6. The lowest BCUT2D eigenvalue weighted by Gasteiger charge is -2.19. The number of thiazole rings is 1. The minimum atomic E-state index is -0.212. The van der Waals surface area contributed by atoms with E-state index in [0.717, 1.165) is 35.0 Å². The zero-order valence-corrected chi connectivity index (χ0v) is 16.0. The van der Waals surface area contributed by atoms with Crippen molar-refractivity contribution in [1.29, 1.82) is 0 Å². The Labute approximate surface area is 166 Å². The number of hydrogen-bond acceptors (Lipinski definition) is 5. The summed E-state index contributed by atoms with van der Waals surface area (Å²) in [5, 5.41) is 9.43. The summed E-state index contributed by atoms with van der Waals surface area (Å²) in [6, 6.07) is 11.1. The summed E-state index contributed by atoms with van der Waals surface area (Å²) >= 11 is 7.79. The third-order valence-electron chi connectivity index (χ3n) is 4.38. The number of aromatic nitrogens is 2. The molecule has 1 fully saturated rings. The number of pyridine rings is 1. The molecular formula is C19H18ClN5OS. The first-order chi connectivity index (χ1) is 13.2. The smallest absolute Gasteiger partial charge is 0.319 e. The molecule has 1 aliphatic rings. The quantitative estimate of drug-likeness (QED) is 0.687. The standard InChI is InChI=1S/C19H18ClN5OS/c20-16-2-1-8-21-17(16)25-10-7-15(12-25)24-19(26)23-14-5-3-13(4-6-14)18-22-9-11-27-18/h1-6,8-9,11,15H,7,10,12H2,(H2,23,24,26). The number of hydrogen-bond donors (Lipinski definition) is 2. The van der Waals surface area contributed by atoms with Gasteiger partial charge in [0.2, 0.25) is 0 Å². The van der Waals surface area contributed by atoms with E-state index in [1.165, 1.54) is 0 Å². The fourth-order valence-corrected chi connectivity index (χ4v) is 3.98. The van der Waals surface area contributed by atoms with Crippen LogP contribution in [-0.2, 0) is 0 Å². The Hall–Kier alpha value is -2.64. The van der Waals surface area contributed by atoms with E-state index in [-0.39, 0.29) is 12.1 Å². The molecule has 6 nitrogen and oxygen atoms in total. The SMILES string of the molecule is O=C(Nc1ccc(-c2nccs2)cc1)NC1CCN(c2ncccc2Cl)C1. The van der Waals surface area contributed by atoms with Crippen molar-refractivity contribution in [1.82, 2.24) is 15.3 Å². The lowest BCUT2D eigenvalue weighted by atomic mass is 10.2. The highest BCUT2D eigenvalue weighted by Crippen LogP contribution is 2.26. The topological polar surface area (TPSA) is 70.2 Å². The van der Waals surface area contributed by atoms with Crippen molar-refractivity contribution >= 4 is 40.5 Å². The molecule has 2 aromatic heterocycles. The summed E-state index contributed by atoms with van der Waals surface area (Å²) in [5.41, 5.74) is 1.78. The maximum Gasteiger partial charge on any atom is 0.319 e. The molecule has 0 radical (unpaired) electrons. The van der Waals surface area contributed by atoms with Crippen molar-refractivity contribution in [2.24, 2.45) is 0 Å². The van der Waals surface area contributed by atoms with Gasteiger partial charge in [-0.3, -0.25) is 0 Å². The van der Waals surface area contributed by atoms with Gasteiger partial charge in [0.25, 0.3) is 0 Å². The number of anilines is 2. The van der Waals surface area contributed by atoms with Crippen molar-refractivity contribution in [3.63, 3.8) is 0 Å². The second-order valence-corrected chi connectivity index (χ2v) is 7.56. The fourth-order valence-electron chi connectivity index (χ4n) is 3.10. The van der Waals surface area contributed by atoms with E-state index in [2.05, 4.69) is 25.5 Å². The number of nitrogens with one attached hydrogen (secondary N) is 2. The number of carbonyl (C=O) groups is 1. The van der Waals surface area contributed by atoms with Crippen molar-refractivity contribution in [2.75, 3.05) is 23.3 Å². The summed E-state index contributed by atoms with van der Waals surface area (Å²) < 4.78 is 0. The van der Waals surface area contributed by atoms with Crippen molar-refractivity contribution in [3.8, 4) is 10.6 Å². The molecule has 4 rings (SSSR count). The summed E-state index contributed by atoms with van der Waals surface area (Å²) in [5.74, 6) is 0.765. The van der Waals surface area contributed by atoms with Gasteiger partial charge < -0.3 is 15.5 Å². The van der Waals surface area contributed by atoms with E-state index in [0.29, 0.717) is 11.6 Å². The highest BCUT2D eigenvalue weighted by Gasteiger charge is 2.26. The number of nitrogens with zero attached hydrogens (tertiary/aromatic N) is 3. The van der Waals surface area contributed by atoms with Gasteiger partial charge in [0.1, 0.15) is 10.8 Å². The lowest BCUT2D eigenvalue weighted by molar-refractivity contribution is 0.249. The lowest BCUT2D eigenvalue weighted by Crippen LogP contribution is -2.39. The van der Waals surface area contributed by atoms with Crippen LogP contribution in [0.1, 0.15) is 6.42 Å². The first-order valence-electron chi connectivity index (χ1n) is 8.62. The average molecular weight is 400 g/mol. The zero-order valence-electron chi connectivity index (χ0n) is 14.4. The van der Waals surface area contributed by atoms with Crippen LogP contribution in [0, 0.1) is 0 Å². The Morgan fingerprint density at radius 3 is 2.78 bits per heavy atom. The van der Waals surface area contributed by atoms with Crippen LogP contribution in [0.25, 0.3) is 10.6 Å². The molecule has 27 heavy (non-hydrogen) atoms. The Balaban J connectivity index is 1.32. The third kappa shape index (κ3) is 4.20. The minimum Gasteiger partial charge on any atom is -0.353 e. The Kier molecular flexibility index (Phi) is 5.22. The number of benzene rings is 1. The van der Waals surface area contributed by atoms with Crippen LogP contribution in [0.2, 0.25) is 5.02 Å². The van der Waals surface area contributed by atoms with Gasteiger partial charge in [0, 0.05) is 48.2 Å². The monoisotopic (exact) mass is 399 g/mol.